The average molecular weight is 236 g/mol. The predicted octanol–water partition coefficient (Wildman–Crippen LogP) is 2.94. The summed E-state index contributed by atoms with van der Waals surface area (Å²) in [6.07, 6.45) is 1.37. The van der Waals surface area contributed by atoms with E-state index < -0.39 is 6.10 Å². The van der Waals surface area contributed by atoms with Crippen molar-refractivity contribution in [1.82, 2.24) is 0 Å². The monoisotopic (exact) mass is 236 g/mol. The Morgan fingerprint density at radius 1 is 1.18 bits per heavy atom. The van der Waals surface area contributed by atoms with Crippen LogP contribution in [0, 0.1) is 6.92 Å². The number of methoxy groups -OCH3 is 2. The molecular formula is C14H20O3. The average Bonchev–Trinajstić information content (AvgIpc) is 2.32. The Bertz CT molecular complexity index is 426. The first-order valence-electron chi connectivity index (χ1n) is 6.03. The minimum Gasteiger partial charge on any atom is -0.493 e. The van der Waals surface area contributed by atoms with Gasteiger partial charge in [-0.05, 0) is 42.9 Å². The van der Waals surface area contributed by atoms with Gasteiger partial charge in [-0.1, -0.05) is 6.92 Å². The Balaban J connectivity index is 2.70. The molecule has 3 nitrogen and oxygen atoms in total. The normalized spacial score (nSPS) is 23.1. The first-order chi connectivity index (χ1) is 8.10. The summed E-state index contributed by atoms with van der Waals surface area (Å²) in [5.41, 5.74) is 3.31. The second-order valence-corrected chi connectivity index (χ2v) is 4.75. The number of hydrogen-bond donors (Lipinski definition) is 1. The molecular weight excluding hydrogens is 216 g/mol. The molecule has 0 aromatic heterocycles. The van der Waals surface area contributed by atoms with Gasteiger partial charge in [0.15, 0.2) is 11.5 Å². The standard InChI is InChI=1S/C14H20O3/c1-8-5-6-10(15)13-12(8)9(2)7-11(16-3)14(13)17-4/h7-8,10,15H,5-6H2,1-4H3/t8?,10-/m0/s1. The molecule has 1 aromatic rings. The number of aryl methyl sites for hydroxylation is 1. The maximum atomic E-state index is 10.2. The quantitative estimate of drug-likeness (QED) is 0.858. The molecule has 0 amide bonds. The summed E-state index contributed by atoms with van der Waals surface area (Å²) in [4.78, 5) is 0. The van der Waals surface area contributed by atoms with E-state index in [1.165, 1.54) is 11.1 Å². The van der Waals surface area contributed by atoms with Crippen molar-refractivity contribution >= 4 is 0 Å². The molecule has 0 heterocycles. The lowest BCUT2D eigenvalue weighted by Gasteiger charge is -2.30. The number of ether oxygens (including phenoxy) is 2. The van der Waals surface area contributed by atoms with E-state index in [1.54, 1.807) is 14.2 Å². The van der Waals surface area contributed by atoms with Gasteiger partial charge < -0.3 is 14.6 Å². The zero-order valence-corrected chi connectivity index (χ0v) is 10.9. The largest absolute Gasteiger partial charge is 0.493 e. The molecule has 1 aromatic carbocycles. The Morgan fingerprint density at radius 3 is 2.47 bits per heavy atom. The third-order valence-electron chi connectivity index (χ3n) is 3.65. The van der Waals surface area contributed by atoms with Crippen LogP contribution >= 0.6 is 0 Å². The third kappa shape index (κ3) is 1.89. The molecule has 1 N–H and O–H groups in total. The second kappa shape index (κ2) is 4.57. The number of aliphatic hydroxyl groups excluding tert-OH is 1. The summed E-state index contributed by atoms with van der Waals surface area (Å²) in [6.45, 7) is 4.26. The summed E-state index contributed by atoms with van der Waals surface area (Å²) >= 11 is 0. The first kappa shape index (κ1) is 12.2. The maximum Gasteiger partial charge on any atom is 0.166 e. The van der Waals surface area contributed by atoms with E-state index >= 15 is 0 Å². The Labute approximate surface area is 102 Å². The minimum atomic E-state index is -0.440. The fourth-order valence-electron chi connectivity index (χ4n) is 2.85. The zero-order valence-electron chi connectivity index (χ0n) is 10.9. The van der Waals surface area contributed by atoms with Crippen LogP contribution in [0.1, 0.15) is 48.5 Å². The van der Waals surface area contributed by atoms with Gasteiger partial charge in [0.25, 0.3) is 0 Å². The summed E-state index contributed by atoms with van der Waals surface area (Å²) in [6, 6.07) is 1.99. The Morgan fingerprint density at radius 2 is 1.88 bits per heavy atom. The summed E-state index contributed by atoms with van der Waals surface area (Å²) in [5.74, 6) is 1.86. The van der Waals surface area contributed by atoms with E-state index in [0.717, 1.165) is 18.4 Å². The van der Waals surface area contributed by atoms with Gasteiger partial charge in [-0.3, -0.25) is 0 Å². The molecule has 3 heteroatoms. The Hall–Kier alpha value is -1.22. The Kier molecular flexibility index (Phi) is 3.29. The maximum absolute atomic E-state index is 10.2. The van der Waals surface area contributed by atoms with Crippen molar-refractivity contribution in [3.8, 4) is 11.5 Å². The van der Waals surface area contributed by atoms with Gasteiger partial charge in [0.2, 0.25) is 0 Å². The topological polar surface area (TPSA) is 38.7 Å². The van der Waals surface area contributed by atoms with Crippen LogP contribution in [0.25, 0.3) is 0 Å². The zero-order chi connectivity index (χ0) is 12.6. The highest BCUT2D eigenvalue weighted by Gasteiger charge is 2.30. The van der Waals surface area contributed by atoms with E-state index in [9.17, 15) is 5.11 Å². The van der Waals surface area contributed by atoms with E-state index in [1.807, 2.05) is 6.07 Å². The molecule has 17 heavy (non-hydrogen) atoms. The summed E-state index contributed by atoms with van der Waals surface area (Å²) in [7, 11) is 3.25. The highest BCUT2D eigenvalue weighted by atomic mass is 16.5. The first-order valence-corrected chi connectivity index (χ1v) is 6.03. The molecule has 0 spiro atoms. The van der Waals surface area contributed by atoms with Crippen molar-refractivity contribution in [2.45, 2.75) is 38.7 Å². The molecule has 0 aliphatic heterocycles. The molecule has 1 unspecified atom stereocenters. The highest BCUT2D eigenvalue weighted by molar-refractivity contribution is 5.57. The summed E-state index contributed by atoms with van der Waals surface area (Å²) < 4.78 is 10.8. The van der Waals surface area contributed by atoms with Gasteiger partial charge in [-0.2, -0.15) is 0 Å². The summed E-state index contributed by atoms with van der Waals surface area (Å²) in [5, 5.41) is 10.2. The number of aliphatic hydroxyl groups is 1. The van der Waals surface area contributed by atoms with Crippen molar-refractivity contribution in [1.29, 1.82) is 0 Å². The lowest BCUT2D eigenvalue weighted by molar-refractivity contribution is 0.146. The van der Waals surface area contributed by atoms with Gasteiger partial charge >= 0.3 is 0 Å². The molecule has 0 saturated carbocycles. The van der Waals surface area contributed by atoms with Crippen LogP contribution in [-0.2, 0) is 0 Å². The fourth-order valence-corrected chi connectivity index (χ4v) is 2.85. The fraction of sp³-hybridized carbons (Fsp3) is 0.571. The lowest BCUT2D eigenvalue weighted by atomic mass is 9.79. The number of hydrogen-bond acceptors (Lipinski definition) is 3. The minimum absolute atomic E-state index is 0.440. The SMILES string of the molecule is COc1cc(C)c2c(c1OC)[C@@H](O)CCC2C. The molecule has 2 atom stereocenters. The molecule has 2 rings (SSSR count). The van der Waals surface area contributed by atoms with Crippen molar-refractivity contribution in [3.05, 3.63) is 22.8 Å². The molecule has 94 valence electrons. The van der Waals surface area contributed by atoms with E-state index in [-0.39, 0.29) is 0 Å². The van der Waals surface area contributed by atoms with Crippen LogP contribution in [0.2, 0.25) is 0 Å². The van der Waals surface area contributed by atoms with Crippen LogP contribution in [0.15, 0.2) is 6.07 Å². The van der Waals surface area contributed by atoms with Crippen LogP contribution in [0.5, 0.6) is 11.5 Å². The van der Waals surface area contributed by atoms with Crippen molar-refractivity contribution in [3.63, 3.8) is 0 Å². The number of benzene rings is 1. The molecule has 0 fully saturated rings. The van der Waals surface area contributed by atoms with Crippen molar-refractivity contribution < 1.29 is 14.6 Å². The smallest absolute Gasteiger partial charge is 0.166 e. The van der Waals surface area contributed by atoms with E-state index in [0.29, 0.717) is 17.4 Å². The van der Waals surface area contributed by atoms with Gasteiger partial charge in [0.1, 0.15) is 0 Å². The van der Waals surface area contributed by atoms with Crippen LogP contribution in [0.3, 0.4) is 0 Å². The van der Waals surface area contributed by atoms with Gasteiger partial charge in [0.05, 0.1) is 20.3 Å². The van der Waals surface area contributed by atoms with Gasteiger partial charge in [-0.15, -0.1) is 0 Å². The molecule has 1 aliphatic rings. The van der Waals surface area contributed by atoms with Crippen LogP contribution < -0.4 is 9.47 Å². The second-order valence-electron chi connectivity index (χ2n) is 4.75. The van der Waals surface area contributed by atoms with E-state index in [2.05, 4.69) is 13.8 Å². The van der Waals surface area contributed by atoms with Crippen molar-refractivity contribution in [2.75, 3.05) is 14.2 Å². The third-order valence-corrected chi connectivity index (χ3v) is 3.65. The molecule has 0 radical (unpaired) electrons. The van der Waals surface area contributed by atoms with E-state index in [4.69, 9.17) is 9.47 Å². The molecule has 1 aliphatic carbocycles. The van der Waals surface area contributed by atoms with Crippen molar-refractivity contribution in [2.24, 2.45) is 0 Å². The lowest BCUT2D eigenvalue weighted by Crippen LogP contribution is -2.16. The molecule has 0 bridgehead atoms. The molecule has 0 saturated heterocycles. The van der Waals surface area contributed by atoms with Gasteiger partial charge in [0, 0.05) is 5.56 Å². The predicted molar refractivity (Wildman–Crippen MR) is 66.9 cm³/mol. The van der Waals surface area contributed by atoms with Crippen LogP contribution in [0.4, 0.5) is 0 Å². The number of rotatable bonds is 2. The van der Waals surface area contributed by atoms with Gasteiger partial charge in [-0.25, -0.2) is 0 Å². The highest BCUT2D eigenvalue weighted by Crippen LogP contribution is 2.47. The van der Waals surface area contributed by atoms with Crippen LogP contribution in [-0.4, -0.2) is 19.3 Å². The number of fused-ring (bicyclic) bond motifs is 1.